The highest BCUT2D eigenvalue weighted by molar-refractivity contribution is 5.36. The van der Waals surface area contributed by atoms with Crippen molar-refractivity contribution in [1.82, 2.24) is 5.32 Å². The van der Waals surface area contributed by atoms with Crippen molar-refractivity contribution in [2.75, 3.05) is 13.7 Å². The summed E-state index contributed by atoms with van der Waals surface area (Å²) >= 11 is 0. The first-order valence-electron chi connectivity index (χ1n) is 7.76. The fourth-order valence-electron chi connectivity index (χ4n) is 3.28. The summed E-state index contributed by atoms with van der Waals surface area (Å²) in [6.45, 7) is 2.38. The van der Waals surface area contributed by atoms with Crippen LogP contribution >= 0.6 is 0 Å². The molecule has 3 heteroatoms. The van der Waals surface area contributed by atoms with E-state index in [4.69, 9.17) is 9.84 Å². The number of hydrogen-bond acceptors (Lipinski definition) is 3. The number of benzene rings is 1. The second-order valence-corrected chi connectivity index (χ2v) is 5.84. The maximum Gasteiger partial charge on any atom is 0.123 e. The molecule has 1 aliphatic carbocycles. The Balaban J connectivity index is 2.20. The molecule has 0 aromatic heterocycles. The molecule has 0 amide bonds. The molecule has 0 bridgehead atoms. The van der Waals surface area contributed by atoms with Gasteiger partial charge in [0.15, 0.2) is 0 Å². The molecule has 2 atom stereocenters. The van der Waals surface area contributed by atoms with Gasteiger partial charge in [-0.05, 0) is 38.2 Å². The first-order chi connectivity index (χ1) is 9.76. The Morgan fingerprint density at radius 1 is 1.30 bits per heavy atom. The van der Waals surface area contributed by atoms with E-state index in [1.165, 1.54) is 31.2 Å². The average Bonchev–Trinajstić information content (AvgIpc) is 2.99. The molecule has 2 N–H and O–H groups in total. The molecule has 2 unspecified atom stereocenters. The van der Waals surface area contributed by atoms with Gasteiger partial charge in [-0.2, -0.15) is 0 Å². The number of nitrogens with one attached hydrogen (secondary N) is 1. The van der Waals surface area contributed by atoms with E-state index in [1.54, 1.807) is 7.11 Å². The van der Waals surface area contributed by atoms with Gasteiger partial charge in [0, 0.05) is 24.3 Å². The van der Waals surface area contributed by atoms with Crippen molar-refractivity contribution < 1.29 is 9.84 Å². The third-order valence-corrected chi connectivity index (χ3v) is 4.37. The molecule has 3 nitrogen and oxygen atoms in total. The minimum absolute atomic E-state index is 0.234. The van der Waals surface area contributed by atoms with Crippen LogP contribution in [0.4, 0.5) is 0 Å². The summed E-state index contributed by atoms with van der Waals surface area (Å²) < 4.78 is 5.54. The lowest BCUT2D eigenvalue weighted by atomic mass is 9.90. The molecule has 112 valence electrons. The maximum absolute atomic E-state index is 9.12. The molecule has 1 fully saturated rings. The van der Waals surface area contributed by atoms with E-state index in [1.807, 2.05) is 12.1 Å². The normalized spacial score (nSPS) is 18.9. The van der Waals surface area contributed by atoms with Gasteiger partial charge >= 0.3 is 0 Å². The Morgan fingerprint density at radius 2 is 2.00 bits per heavy atom. The molecule has 1 aliphatic rings. The van der Waals surface area contributed by atoms with E-state index in [0.29, 0.717) is 18.0 Å². The van der Waals surface area contributed by atoms with Gasteiger partial charge in [-0.15, -0.1) is 0 Å². The van der Waals surface area contributed by atoms with Gasteiger partial charge in [0.2, 0.25) is 0 Å². The fraction of sp³-hybridized carbons (Fsp3) is 0.647. The molecule has 1 aromatic rings. The van der Waals surface area contributed by atoms with Gasteiger partial charge in [0.05, 0.1) is 7.11 Å². The molecule has 1 saturated carbocycles. The van der Waals surface area contributed by atoms with Gasteiger partial charge in [0.1, 0.15) is 5.75 Å². The molecule has 2 rings (SSSR count). The van der Waals surface area contributed by atoms with Gasteiger partial charge in [-0.1, -0.05) is 31.0 Å². The quantitative estimate of drug-likeness (QED) is 0.803. The monoisotopic (exact) mass is 277 g/mol. The molecule has 1 aromatic carbocycles. The summed E-state index contributed by atoms with van der Waals surface area (Å²) in [5, 5.41) is 12.8. The van der Waals surface area contributed by atoms with Crippen LogP contribution in [0, 0.1) is 5.92 Å². The average molecular weight is 277 g/mol. The van der Waals surface area contributed by atoms with E-state index in [2.05, 4.69) is 24.4 Å². The van der Waals surface area contributed by atoms with Crippen LogP contribution in [0.5, 0.6) is 5.75 Å². The lowest BCUT2D eigenvalue weighted by molar-refractivity contribution is 0.248. The number of aliphatic hydroxyl groups is 1. The summed E-state index contributed by atoms with van der Waals surface area (Å²) in [6.07, 6.45) is 6.00. The zero-order valence-electron chi connectivity index (χ0n) is 12.6. The highest BCUT2D eigenvalue weighted by atomic mass is 16.5. The van der Waals surface area contributed by atoms with Crippen molar-refractivity contribution in [3.05, 3.63) is 29.8 Å². The highest BCUT2D eigenvalue weighted by Crippen LogP contribution is 2.39. The van der Waals surface area contributed by atoms with Crippen LogP contribution in [-0.2, 0) is 0 Å². The van der Waals surface area contributed by atoms with Gasteiger partial charge in [-0.25, -0.2) is 0 Å². The van der Waals surface area contributed by atoms with E-state index in [-0.39, 0.29) is 6.61 Å². The number of aliphatic hydroxyl groups excluding tert-OH is 1. The molecule has 0 aliphatic heterocycles. The standard InChI is InChI=1S/C17H27NO2/c1-13(11-12-19)18-17(14-7-3-4-8-14)15-9-5-6-10-16(15)20-2/h5-6,9-10,13-14,17-19H,3-4,7-8,11-12H2,1-2H3. The Morgan fingerprint density at radius 3 is 2.65 bits per heavy atom. The topological polar surface area (TPSA) is 41.5 Å². The third-order valence-electron chi connectivity index (χ3n) is 4.37. The number of hydrogen-bond donors (Lipinski definition) is 2. The van der Waals surface area contributed by atoms with Crippen LogP contribution in [0.15, 0.2) is 24.3 Å². The summed E-state index contributed by atoms with van der Waals surface area (Å²) in [4.78, 5) is 0. The van der Waals surface area contributed by atoms with E-state index >= 15 is 0 Å². The van der Waals surface area contributed by atoms with E-state index in [9.17, 15) is 0 Å². The van der Waals surface area contributed by atoms with Crippen LogP contribution < -0.4 is 10.1 Å². The maximum atomic E-state index is 9.12. The summed E-state index contributed by atoms with van der Waals surface area (Å²) in [5.41, 5.74) is 1.26. The lowest BCUT2D eigenvalue weighted by Crippen LogP contribution is -2.35. The molecule has 0 saturated heterocycles. The summed E-state index contributed by atoms with van der Waals surface area (Å²) in [7, 11) is 1.74. The smallest absolute Gasteiger partial charge is 0.123 e. The Hall–Kier alpha value is -1.06. The number of methoxy groups -OCH3 is 1. The fourth-order valence-corrected chi connectivity index (χ4v) is 3.28. The first-order valence-corrected chi connectivity index (χ1v) is 7.76. The van der Waals surface area contributed by atoms with Crippen molar-refractivity contribution in [2.24, 2.45) is 5.92 Å². The van der Waals surface area contributed by atoms with Crippen molar-refractivity contribution in [1.29, 1.82) is 0 Å². The third kappa shape index (κ3) is 3.74. The van der Waals surface area contributed by atoms with Crippen LogP contribution in [0.2, 0.25) is 0 Å². The number of rotatable bonds is 7. The Kier molecular flexibility index (Phi) is 5.86. The molecular weight excluding hydrogens is 250 g/mol. The van der Waals surface area contributed by atoms with Crippen molar-refractivity contribution in [3.63, 3.8) is 0 Å². The van der Waals surface area contributed by atoms with E-state index in [0.717, 1.165) is 12.2 Å². The zero-order valence-corrected chi connectivity index (χ0v) is 12.6. The Bertz CT molecular complexity index is 402. The first kappa shape index (κ1) is 15.3. The van der Waals surface area contributed by atoms with E-state index < -0.39 is 0 Å². The predicted octanol–water partition coefficient (Wildman–Crippen LogP) is 3.29. The van der Waals surface area contributed by atoms with Crippen LogP contribution in [0.1, 0.15) is 50.6 Å². The molecule has 0 heterocycles. The van der Waals surface area contributed by atoms with Gasteiger partial charge in [0.25, 0.3) is 0 Å². The second-order valence-electron chi connectivity index (χ2n) is 5.84. The second kappa shape index (κ2) is 7.65. The summed E-state index contributed by atoms with van der Waals surface area (Å²) in [5.74, 6) is 1.64. The lowest BCUT2D eigenvalue weighted by Gasteiger charge is -2.29. The molecule has 0 radical (unpaired) electrons. The van der Waals surface area contributed by atoms with Crippen LogP contribution in [0.3, 0.4) is 0 Å². The molecule has 0 spiro atoms. The zero-order chi connectivity index (χ0) is 14.4. The van der Waals surface area contributed by atoms with Crippen molar-refractivity contribution in [2.45, 2.75) is 51.1 Å². The minimum atomic E-state index is 0.234. The van der Waals surface area contributed by atoms with Crippen molar-refractivity contribution in [3.8, 4) is 5.75 Å². The highest BCUT2D eigenvalue weighted by Gasteiger charge is 2.29. The minimum Gasteiger partial charge on any atom is -0.496 e. The summed E-state index contributed by atoms with van der Waals surface area (Å²) in [6, 6.07) is 8.95. The van der Waals surface area contributed by atoms with Gasteiger partial charge < -0.3 is 15.2 Å². The molecular formula is C17H27NO2. The van der Waals surface area contributed by atoms with Gasteiger partial charge in [-0.3, -0.25) is 0 Å². The Labute approximate surface area is 122 Å². The van der Waals surface area contributed by atoms with Crippen molar-refractivity contribution >= 4 is 0 Å². The number of para-hydroxylation sites is 1. The van der Waals surface area contributed by atoms with Crippen LogP contribution in [-0.4, -0.2) is 24.9 Å². The SMILES string of the molecule is COc1ccccc1C(NC(C)CCO)C1CCCC1. The van der Waals surface area contributed by atoms with Crippen LogP contribution in [0.25, 0.3) is 0 Å². The predicted molar refractivity (Wildman–Crippen MR) is 82.0 cm³/mol. The largest absolute Gasteiger partial charge is 0.496 e. The molecule has 20 heavy (non-hydrogen) atoms. The number of ether oxygens (including phenoxy) is 1.